The summed E-state index contributed by atoms with van der Waals surface area (Å²) in [4.78, 5) is 10.9. The van der Waals surface area contributed by atoms with Crippen molar-refractivity contribution in [2.45, 2.75) is 71.1 Å². The molecule has 2 aliphatic carbocycles. The maximum absolute atomic E-state index is 10.9. The summed E-state index contributed by atoms with van der Waals surface area (Å²) >= 11 is 0. The smallest absolute Gasteiger partial charge is 0.306 e. The van der Waals surface area contributed by atoms with Crippen LogP contribution < -0.4 is 0 Å². The van der Waals surface area contributed by atoms with Crippen molar-refractivity contribution < 1.29 is 9.90 Å². The molecule has 0 unspecified atom stereocenters. The second kappa shape index (κ2) is 6.58. The van der Waals surface area contributed by atoms with Gasteiger partial charge in [0, 0.05) is 0 Å². The minimum Gasteiger partial charge on any atom is -0.481 e. The van der Waals surface area contributed by atoms with Crippen LogP contribution in [0.1, 0.15) is 71.1 Å². The lowest BCUT2D eigenvalue weighted by Gasteiger charge is -2.37. The number of aliphatic carboxylic acids is 1. The first-order valence-corrected chi connectivity index (χ1v) is 7.91. The number of rotatable bonds is 6. The largest absolute Gasteiger partial charge is 0.481 e. The molecule has 2 fully saturated rings. The minimum absolute atomic E-state index is 0.0427. The van der Waals surface area contributed by atoms with Crippen molar-refractivity contribution in [3.05, 3.63) is 0 Å². The van der Waals surface area contributed by atoms with Gasteiger partial charge in [-0.1, -0.05) is 32.6 Å². The van der Waals surface area contributed by atoms with Gasteiger partial charge in [0.25, 0.3) is 0 Å². The summed E-state index contributed by atoms with van der Waals surface area (Å²) in [6, 6.07) is 0. The van der Waals surface area contributed by atoms with Crippen LogP contribution in [-0.2, 0) is 4.79 Å². The predicted octanol–water partition coefficient (Wildman–Crippen LogP) is 4.48. The highest BCUT2D eigenvalue weighted by atomic mass is 16.4. The first-order chi connectivity index (χ1) is 8.69. The standard InChI is InChI=1S/C16H28O2/c1-2-3-13-10-14(11-13)5-4-12-6-8-15(9-7-12)16(17)18/h12-15H,2-11H2,1H3,(H,17,18). The lowest BCUT2D eigenvalue weighted by Crippen LogP contribution is -2.25. The predicted molar refractivity (Wildman–Crippen MR) is 73.4 cm³/mol. The topological polar surface area (TPSA) is 37.3 Å². The van der Waals surface area contributed by atoms with Crippen molar-refractivity contribution in [2.75, 3.05) is 0 Å². The quantitative estimate of drug-likeness (QED) is 0.756. The van der Waals surface area contributed by atoms with Gasteiger partial charge >= 0.3 is 5.97 Å². The number of hydrogen-bond acceptors (Lipinski definition) is 1. The lowest BCUT2D eigenvalue weighted by atomic mass is 9.69. The fourth-order valence-corrected chi connectivity index (χ4v) is 3.92. The molecule has 2 saturated carbocycles. The lowest BCUT2D eigenvalue weighted by molar-refractivity contribution is -0.143. The van der Waals surface area contributed by atoms with Crippen LogP contribution in [0, 0.1) is 23.7 Å². The zero-order valence-electron chi connectivity index (χ0n) is 11.7. The number of carboxylic acids is 1. The molecule has 0 atom stereocenters. The van der Waals surface area contributed by atoms with Crippen LogP contribution in [-0.4, -0.2) is 11.1 Å². The van der Waals surface area contributed by atoms with Crippen LogP contribution >= 0.6 is 0 Å². The molecule has 104 valence electrons. The van der Waals surface area contributed by atoms with E-state index in [1.54, 1.807) is 0 Å². The molecule has 0 bridgehead atoms. The summed E-state index contributed by atoms with van der Waals surface area (Å²) in [5, 5.41) is 8.97. The van der Waals surface area contributed by atoms with E-state index in [4.69, 9.17) is 5.11 Å². The summed E-state index contributed by atoms with van der Waals surface area (Å²) in [5.74, 6) is 2.24. The average molecular weight is 252 g/mol. The zero-order chi connectivity index (χ0) is 13.0. The van der Waals surface area contributed by atoms with Crippen molar-refractivity contribution in [2.24, 2.45) is 23.7 Å². The van der Waals surface area contributed by atoms with E-state index >= 15 is 0 Å². The number of carboxylic acid groups (broad SMARTS) is 1. The summed E-state index contributed by atoms with van der Waals surface area (Å²) in [6.07, 6.45) is 12.6. The van der Waals surface area contributed by atoms with E-state index in [0.29, 0.717) is 0 Å². The highest BCUT2D eigenvalue weighted by molar-refractivity contribution is 5.69. The third kappa shape index (κ3) is 3.73. The molecule has 0 amide bonds. The van der Waals surface area contributed by atoms with E-state index in [1.807, 2.05) is 0 Å². The van der Waals surface area contributed by atoms with Crippen molar-refractivity contribution in [1.82, 2.24) is 0 Å². The van der Waals surface area contributed by atoms with Crippen molar-refractivity contribution in [3.8, 4) is 0 Å². The van der Waals surface area contributed by atoms with Crippen molar-refractivity contribution in [3.63, 3.8) is 0 Å². The van der Waals surface area contributed by atoms with Gasteiger partial charge in [-0.25, -0.2) is 0 Å². The Hall–Kier alpha value is -0.530. The second-order valence-electron chi connectivity index (χ2n) is 6.63. The normalized spacial score (nSPS) is 36.1. The number of hydrogen-bond donors (Lipinski definition) is 1. The first-order valence-electron chi connectivity index (χ1n) is 7.91. The minimum atomic E-state index is -0.574. The van der Waals surface area contributed by atoms with Gasteiger partial charge < -0.3 is 5.11 Å². The Kier molecular flexibility index (Phi) is 5.08. The van der Waals surface area contributed by atoms with Crippen molar-refractivity contribution in [1.29, 1.82) is 0 Å². The zero-order valence-corrected chi connectivity index (χ0v) is 11.7. The maximum atomic E-state index is 10.9. The third-order valence-electron chi connectivity index (χ3n) is 5.21. The third-order valence-corrected chi connectivity index (χ3v) is 5.21. The Morgan fingerprint density at radius 1 is 0.944 bits per heavy atom. The molecule has 1 N–H and O–H groups in total. The monoisotopic (exact) mass is 252 g/mol. The molecule has 0 radical (unpaired) electrons. The Morgan fingerprint density at radius 2 is 1.50 bits per heavy atom. The van der Waals surface area contributed by atoms with Crippen LogP contribution in [0.5, 0.6) is 0 Å². The summed E-state index contributed by atoms with van der Waals surface area (Å²) in [6.45, 7) is 2.29. The maximum Gasteiger partial charge on any atom is 0.306 e. The van der Waals surface area contributed by atoms with Gasteiger partial charge in [0.1, 0.15) is 0 Å². The molecule has 0 heterocycles. The van der Waals surface area contributed by atoms with Crippen molar-refractivity contribution >= 4 is 5.97 Å². The summed E-state index contributed by atoms with van der Waals surface area (Å²) in [7, 11) is 0. The van der Waals surface area contributed by atoms with Gasteiger partial charge in [-0.2, -0.15) is 0 Å². The SMILES string of the molecule is CCCC1CC(CCC2CCC(C(=O)O)CC2)C1. The van der Waals surface area contributed by atoms with E-state index in [1.165, 1.54) is 38.5 Å². The Balaban J connectivity index is 1.55. The van der Waals surface area contributed by atoms with Gasteiger partial charge in [0.15, 0.2) is 0 Å². The van der Waals surface area contributed by atoms with Gasteiger partial charge in [-0.3, -0.25) is 4.79 Å². The fourth-order valence-electron chi connectivity index (χ4n) is 3.92. The molecule has 0 aromatic rings. The molecule has 0 spiro atoms. The van der Waals surface area contributed by atoms with Gasteiger partial charge in [-0.15, -0.1) is 0 Å². The van der Waals surface area contributed by atoms with E-state index < -0.39 is 5.97 Å². The molecule has 2 nitrogen and oxygen atoms in total. The molecule has 0 aromatic carbocycles. The Labute approximate surface area is 111 Å². The van der Waals surface area contributed by atoms with Gasteiger partial charge in [-0.05, 0) is 56.3 Å². The average Bonchev–Trinajstić information content (AvgIpc) is 2.32. The Bertz CT molecular complexity index is 260. The van der Waals surface area contributed by atoms with E-state index in [0.717, 1.165) is 43.4 Å². The highest BCUT2D eigenvalue weighted by Crippen LogP contribution is 2.41. The van der Waals surface area contributed by atoms with Crippen LogP contribution in [0.4, 0.5) is 0 Å². The molecular weight excluding hydrogens is 224 g/mol. The molecule has 2 rings (SSSR count). The Morgan fingerprint density at radius 3 is 2.06 bits per heavy atom. The highest BCUT2D eigenvalue weighted by Gasteiger charge is 2.30. The van der Waals surface area contributed by atoms with E-state index in [-0.39, 0.29) is 5.92 Å². The van der Waals surface area contributed by atoms with E-state index in [9.17, 15) is 4.79 Å². The van der Waals surface area contributed by atoms with Gasteiger partial charge in [0.2, 0.25) is 0 Å². The molecule has 18 heavy (non-hydrogen) atoms. The van der Waals surface area contributed by atoms with Crippen LogP contribution in [0.15, 0.2) is 0 Å². The number of carbonyl (C=O) groups is 1. The van der Waals surface area contributed by atoms with Gasteiger partial charge in [0.05, 0.1) is 5.92 Å². The second-order valence-corrected chi connectivity index (χ2v) is 6.63. The summed E-state index contributed by atoms with van der Waals surface area (Å²) < 4.78 is 0. The molecular formula is C16H28O2. The summed E-state index contributed by atoms with van der Waals surface area (Å²) in [5.41, 5.74) is 0. The molecule has 2 heteroatoms. The van der Waals surface area contributed by atoms with Crippen LogP contribution in [0.25, 0.3) is 0 Å². The fraction of sp³-hybridized carbons (Fsp3) is 0.938. The van der Waals surface area contributed by atoms with E-state index in [2.05, 4.69) is 6.92 Å². The molecule has 0 aromatic heterocycles. The molecule has 2 aliphatic rings. The van der Waals surface area contributed by atoms with Crippen LogP contribution in [0.2, 0.25) is 0 Å². The van der Waals surface area contributed by atoms with Crippen LogP contribution in [0.3, 0.4) is 0 Å². The molecule has 0 saturated heterocycles. The first kappa shape index (κ1) is 13.9. The molecule has 0 aliphatic heterocycles.